The van der Waals surface area contributed by atoms with Crippen LogP contribution in [0.1, 0.15) is 16.9 Å². The molecule has 0 aliphatic rings. The van der Waals surface area contributed by atoms with Crippen LogP contribution in [0.2, 0.25) is 0 Å². The third-order valence-electron chi connectivity index (χ3n) is 2.70. The molecular weight excluding hydrogens is 383 g/mol. The fraction of sp³-hybridized carbons (Fsp3) is 0.200. The van der Waals surface area contributed by atoms with Gasteiger partial charge in [-0.2, -0.15) is 5.10 Å². The molecule has 2 rings (SSSR count). The van der Waals surface area contributed by atoms with Crippen molar-refractivity contribution in [2.24, 2.45) is 5.10 Å². The second-order valence-electron chi connectivity index (χ2n) is 4.47. The smallest absolute Gasteiger partial charge is 0.277 e. The monoisotopic (exact) mass is 398 g/mol. The molecule has 0 fully saturated rings. The number of halogens is 1. The molecule has 1 aromatic heterocycles. The van der Waals surface area contributed by atoms with E-state index in [4.69, 9.17) is 9.15 Å². The van der Waals surface area contributed by atoms with Crippen molar-refractivity contribution in [1.82, 2.24) is 5.43 Å². The molecule has 0 aliphatic carbocycles. The molecule has 0 saturated carbocycles. The molecule has 0 unspecified atom stereocenters. The molecule has 0 radical (unpaired) electrons. The highest BCUT2D eigenvalue weighted by Gasteiger charge is 2.08. The van der Waals surface area contributed by atoms with E-state index in [1.54, 1.807) is 12.1 Å². The van der Waals surface area contributed by atoms with Gasteiger partial charge in [-0.1, -0.05) is 0 Å². The van der Waals surface area contributed by atoms with Crippen molar-refractivity contribution in [2.75, 3.05) is 6.61 Å². The Morgan fingerprint density at radius 1 is 1.43 bits per heavy atom. The molecule has 0 spiro atoms. The van der Waals surface area contributed by atoms with Crippen LogP contribution >= 0.6 is 22.6 Å². The van der Waals surface area contributed by atoms with Gasteiger partial charge in [0.2, 0.25) is 0 Å². The van der Waals surface area contributed by atoms with E-state index in [2.05, 4.69) is 33.1 Å². The van der Waals surface area contributed by atoms with Gasteiger partial charge >= 0.3 is 0 Å². The van der Waals surface area contributed by atoms with Crippen molar-refractivity contribution in [1.29, 1.82) is 0 Å². The number of carbonyl (C=O) groups is 1. The Kier molecular flexibility index (Phi) is 5.38. The SMILES string of the molecule is Cc1cc(I)cc(C)c1OCC(=O)NN=Cc1ccco1. The lowest BCUT2D eigenvalue weighted by molar-refractivity contribution is -0.123. The normalized spacial score (nSPS) is 10.8. The number of nitrogens with one attached hydrogen (secondary N) is 1. The van der Waals surface area contributed by atoms with Crippen LogP contribution in [-0.4, -0.2) is 18.7 Å². The Balaban J connectivity index is 1.87. The number of hydrogen-bond donors (Lipinski definition) is 1. The zero-order valence-corrected chi connectivity index (χ0v) is 13.9. The van der Waals surface area contributed by atoms with Crippen LogP contribution in [-0.2, 0) is 4.79 Å². The molecule has 1 amide bonds. The molecule has 110 valence electrons. The molecule has 0 atom stereocenters. The van der Waals surface area contributed by atoms with Gasteiger partial charge in [-0.15, -0.1) is 0 Å². The Bertz CT molecular complexity index is 628. The summed E-state index contributed by atoms with van der Waals surface area (Å²) in [6, 6.07) is 7.50. The van der Waals surface area contributed by atoms with E-state index in [-0.39, 0.29) is 12.5 Å². The molecule has 1 aromatic carbocycles. The van der Waals surface area contributed by atoms with Gasteiger partial charge in [0, 0.05) is 3.57 Å². The van der Waals surface area contributed by atoms with Gasteiger partial charge < -0.3 is 9.15 Å². The molecule has 6 heteroatoms. The summed E-state index contributed by atoms with van der Waals surface area (Å²) in [7, 11) is 0. The summed E-state index contributed by atoms with van der Waals surface area (Å²) in [5.74, 6) is 0.983. The number of rotatable bonds is 5. The quantitative estimate of drug-likeness (QED) is 0.479. The van der Waals surface area contributed by atoms with E-state index in [9.17, 15) is 4.79 Å². The molecule has 1 heterocycles. The molecule has 21 heavy (non-hydrogen) atoms. The van der Waals surface area contributed by atoms with E-state index in [1.165, 1.54) is 12.5 Å². The fourth-order valence-corrected chi connectivity index (χ4v) is 2.76. The second kappa shape index (κ2) is 7.26. The average molecular weight is 398 g/mol. The van der Waals surface area contributed by atoms with Crippen molar-refractivity contribution in [3.05, 3.63) is 51.0 Å². The van der Waals surface area contributed by atoms with Crippen LogP contribution in [0.25, 0.3) is 0 Å². The maximum atomic E-state index is 11.7. The van der Waals surface area contributed by atoms with Crippen molar-refractivity contribution in [3.63, 3.8) is 0 Å². The van der Waals surface area contributed by atoms with Gasteiger partial charge in [-0.05, 0) is 71.8 Å². The third kappa shape index (κ3) is 4.59. The lowest BCUT2D eigenvalue weighted by Gasteiger charge is -2.11. The van der Waals surface area contributed by atoms with Gasteiger partial charge in [0.05, 0.1) is 12.5 Å². The first-order valence-electron chi connectivity index (χ1n) is 6.31. The van der Waals surface area contributed by atoms with Crippen molar-refractivity contribution < 1.29 is 13.9 Å². The summed E-state index contributed by atoms with van der Waals surface area (Å²) in [6.07, 6.45) is 2.97. The zero-order chi connectivity index (χ0) is 15.2. The molecule has 1 N–H and O–H groups in total. The predicted octanol–water partition coefficient (Wildman–Crippen LogP) is 3.03. The molecule has 2 aromatic rings. The summed E-state index contributed by atoms with van der Waals surface area (Å²) in [5.41, 5.74) is 4.40. The Morgan fingerprint density at radius 3 is 2.76 bits per heavy atom. The first kappa shape index (κ1) is 15.6. The topological polar surface area (TPSA) is 63.8 Å². The van der Waals surface area contributed by atoms with Gasteiger partial charge in [0.15, 0.2) is 6.61 Å². The highest BCUT2D eigenvalue weighted by molar-refractivity contribution is 14.1. The number of carbonyl (C=O) groups excluding carboxylic acids is 1. The molecule has 0 aliphatic heterocycles. The predicted molar refractivity (Wildman–Crippen MR) is 88.6 cm³/mol. The fourth-order valence-electron chi connectivity index (χ4n) is 1.83. The maximum absolute atomic E-state index is 11.7. The number of nitrogens with zero attached hydrogens (tertiary/aromatic N) is 1. The van der Waals surface area contributed by atoms with E-state index >= 15 is 0 Å². The van der Waals surface area contributed by atoms with Crippen LogP contribution < -0.4 is 10.2 Å². The summed E-state index contributed by atoms with van der Waals surface area (Å²) < 4.78 is 11.8. The molecule has 0 bridgehead atoms. The average Bonchev–Trinajstić information content (AvgIpc) is 2.90. The minimum atomic E-state index is -0.324. The minimum Gasteiger partial charge on any atom is -0.483 e. The number of furan rings is 1. The number of benzene rings is 1. The Morgan fingerprint density at radius 2 is 2.14 bits per heavy atom. The van der Waals surface area contributed by atoms with Crippen molar-refractivity contribution >= 4 is 34.7 Å². The van der Waals surface area contributed by atoms with Crippen LogP contribution in [0.5, 0.6) is 5.75 Å². The van der Waals surface area contributed by atoms with Gasteiger partial charge in [0.1, 0.15) is 11.5 Å². The van der Waals surface area contributed by atoms with Gasteiger partial charge in [-0.3, -0.25) is 4.79 Å². The lowest BCUT2D eigenvalue weighted by atomic mass is 10.1. The summed E-state index contributed by atoms with van der Waals surface area (Å²) >= 11 is 2.25. The highest BCUT2D eigenvalue weighted by Crippen LogP contribution is 2.25. The maximum Gasteiger partial charge on any atom is 0.277 e. The van der Waals surface area contributed by atoms with Gasteiger partial charge in [-0.25, -0.2) is 5.43 Å². The van der Waals surface area contributed by atoms with Crippen LogP contribution in [0, 0.1) is 17.4 Å². The largest absolute Gasteiger partial charge is 0.483 e. The molecule has 0 saturated heterocycles. The Hall–Kier alpha value is -1.83. The van der Waals surface area contributed by atoms with Crippen LogP contribution in [0.3, 0.4) is 0 Å². The van der Waals surface area contributed by atoms with E-state index < -0.39 is 0 Å². The second-order valence-corrected chi connectivity index (χ2v) is 5.71. The number of hydrazone groups is 1. The van der Waals surface area contributed by atoms with E-state index in [0.29, 0.717) is 5.76 Å². The van der Waals surface area contributed by atoms with Crippen molar-refractivity contribution in [3.8, 4) is 5.75 Å². The summed E-state index contributed by atoms with van der Waals surface area (Å²) in [5, 5.41) is 3.79. The number of aryl methyl sites for hydroxylation is 2. The van der Waals surface area contributed by atoms with Crippen LogP contribution in [0.4, 0.5) is 0 Å². The minimum absolute atomic E-state index is 0.0855. The van der Waals surface area contributed by atoms with Crippen molar-refractivity contribution in [2.45, 2.75) is 13.8 Å². The van der Waals surface area contributed by atoms with E-state index in [0.717, 1.165) is 20.4 Å². The number of amides is 1. The standard InChI is InChI=1S/C15H15IN2O3/c1-10-6-12(16)7-11(2)15(10)21-9-14(19)18-17-8-13-4-3-5-20-13/h3-8H,9H2,1-2H3,(H,18,19). The Labute approximate surface area is 136 Å². The number of hydrogen-bond acceptors (Lipinski definition) is 4. The summed E-state index contributed by atoms with van der Waals surface area (Å²) in [4.78, 5) is 11.7. The zero-order valence-electron chi connectivity index (χ0n) is 11.7. The van der Waals surface area contributed by atoms with Gasteiger partial charge in [0.25, 0.3) is 5.91 Å². The first-order valence-corrected chi connectivity index (χ1v) is 7.39. The van der Waals surface area contributed by atoms with Crippen LogP contribution in [0.15, 0.2) is 40.0 Å². The summed E-state index contributed by atoms with van der Waals surface area (Å²) in [6.45, 7) is 3.83. The third-order valence-corrected chi connectivity index (χ3v) is 3.32. The first-order chi connectivity index (χ1) is 10.1. The lowest BCUT2D eigenvalue weighted by Crippen LogP contribution is -2.25. The van der Waals surface area contributed by atoms with E-state index in [1.807, 2.05) is 26.0 Å². The molecule has 5 nitrogen and oxygen atoms in total. The number of ether oxygens (including phenoxy) is 1. The highest BCUT2D eigenvalue weighted by atomic mass is 127. The molecular formula is C15H15IN2O3.